The molecule has 0 bridgehead atoms. The molecule has 2 aromatic heterocycles. The Bertz CT molecular complexity index is 882. The lowest BCUT2D eigenvalue weighted by Crippen LogP contribution is -2.26. The maximum Gasteiger partial charge on any atom is 0.294 e. The maximum atomic E-state index is 12.7. The first-order valence-corrected chi connectivity index (χ1v) is 7.72. The Balaban J connectivity index is 1.99. The third-order valence-electron chi connectivity index (χ3n) is 3.79. The van der Waals surface area contributed by atoms with E-state index in [1.165, 1.54) is 5.56 Å². The molecule has 23 heavy (non-hydrogen) atoms. The number of benzene rings is 1. The van der Waals surface area contributed by atoms with Gasteiger partial charge in [0.05, 0.1) is 17.2 Å². The SMILES string of the molecule is Cc1ccc(CNc2nc3ccncc3n(C(C)C)c2=O)cc1. The van der Waals surface area contributed by atoms with Crippen molar-refractivity contribution in [2.24, 2.45) is 0 Å². The molecule has 0 atom stereocenters. The Morgan fingerprint density at radius 3 is 2.61 bits per heavy atom. The number of hydrogen-bond donors (Lipinski definition) is 1. The highest BCUT2D eigenvalue weighted by atomic mass is 16.1. The predicted molar refractivity (Wildman–Crippen MR) is 92.7 cm³/mol. The summed E-state index contributed by atoms with van der Waals surface area (Å²) in [6.07, 6.45) is 3.38. The van der Waals surface area contributed by atoms with Crippen LogP contribution in [-0.4, -0.2) is 14.5 Å². The van der Waals surface area contributed by atoms with Crippen LogP contribution in [-0.2, 0) is 6.54 Å². The van der Waals surface area contributed by atoms with E-state index in [0.717, 1.165) is 16.6 Å². The fourth-order valence-corrected chi connectivity index (χ4v) is 2.57. The van der Waals surface area contributed by atoms with Gasteiger partial charge in [-0.25, -0.2) is 4.98 Å². The molecule has 5 heteroatoms. The molecule has 118 valence electrons. The van der Waals surface area contributed by atoms with Crippen molar-refractivity contribution in [2.75, 3.05) is 5.32 Å². The van der Waals surface area contributed by atoms with Gasteiger partial charge in [-0.3, -0.25) is 14.3 Å². The van der Waals surface area contributed by atoms with Crippen LogP contribution in [0.25, 0.3) is 11.0 Å². The summed E-state index contributed by atoms with van der Waals surface area (Å²) in [5, 5.41) is 3.17. The van der Waals surface area contributed by atoms with E-state index in [1.54, 1.807) is 17.0 Å². The quantitative estimate of drug-likeness (QED) is 0.803. The molecule has 0 spiro atoms. The minimum absolute atomic E-state index is 0.0390. The summed E-state index contributed by atoms with van der Waals surface area (Å²) in [5.41, 5.74) is 3.73. The number of rotatable bonds is 4. The lowest BCUT2D eigenvalue weighted by atomic mass is 10.1. The topological polar surface area (TPSA) is 59.8 Å². The van der Waals surface area contributed by atoms with E-state index < -0.39 is 0 Å². The highest BCUT2D eigenvalue weighted by Gasteiger charge is 2.13. The van der Waals surface area contributed by atoms with E-state index in [1.807, 2.05) is 32.0 Å². The van der Waals surface area contributed by atoms with Crippen molar-refractivity contribution in [3.8, 4) is 0 Å². The number of hydrogen-bond acceptors (Lipinski definition) is 4. The number of nitrogens with one attached hydrogen (secondary N) is 1. The lowest BCUT2D eigenvalue weighted by molar-refractivity contribution is 0.598. The Hall–Kier alpha value is -2.69. The second kappa shape index (κ2) is 6.20. The van der Waals surface area contributed by atoms with Crippen molar-refractivity contribution in [1.82, 2.24) is 14.5 Å². The third kappa shape index (κ3) is 3.08. The molecule has 0 unspecified atom stereocenters. The van der Waals surface area contributed by atoms with Crippen LogP contribution in [0.15, 0.2) is 47.5 Å². The molecular weight excluding hydrogens is 288 g/mol. The average Bonchev–Trinajstić information content (AvgIpc) is 2.54. The van der Waals surface area contributed by atoms with Gasteiger partial charge in [-0.05, 0) is 32.4 Å². The van der Waals surface area contributed by atoms with Crippen LogP contribution in [0.4, 0.5) is 5.82 Å². The minimum atomic E-state index is -0.118. The maximum absolute atomic E-state index is 12.7. The summed E-state index contributed by atoms with van der Waals surface area (Å²) >= 11 is 0. The highest BCUT2D eigenvalue weighted by molar-refractivity contribution is 5.75. The summed E-state index contributed by atoms with van der Waals surface area (Å²) in [6.45, 7) is 6.59. The van der Waals surface area contributed by atoms with E-state index in [2.05, 4.69) is 34.3 Å². The molecule has 3 aromatic rings. The number of aromatic nitrogens is 3. The molecule has 0 aliphatic heterocycles. The number of nitrogens with zero attached hydrogens (tertiary/aromatic N) is 3. The van der Waals surface area contributed by atoms with E-state index in [0.29, 0.717) is 12.4 Å². The van der Waals surface area contributed by atoms with Crippen molar-refractivity contribution in [3.63, 3.8) is 0 Å². The molecule has 0 fully saturated rings. The van der Waals surface area contributed by atoms with E-state index >= 15 is 0 Å². The highest BCUT2D eigenvalue weighted by Crippen LogP contribution is 2.15. The summed E-state index contributed by atoms with van der Waals surface area (Å²) < 4.78 is 1.73. The van der Waals surface area contributed by atoms with Gasteiger partial charge < -0.3 is 5.32 Å². The third-order valence-corrected chi connectivity index (χ3v) is 3.79. The van der Waals surface area contributed by atoms with Crippen LogP contribution in [0.1, 0.15) is 31.0 Å². The Morgan fingerprint density at radius 1 is 1.17 bits per heavy atom. The first-order chi connectivity index (χ1) is 11.1. The van der Waals surface area contributed by atoms with Crippen LogP contribution in [0.2, 0.25) is 0 Å². The standard InChI is InChI=1S/C18H20N4O/c1-12(2)22-16-11-19-9-8-15(16)21-17(18(22)23)20-10-14-6-4-13(3)5-7-14/h4-9,11-12H,10H2,1-3H3,(H,20,21). The summed E-state index contributed by atoms with van der Waals surface area (Å²) in [6, 6.07) is 10.1. The van der Waals surface area contributed by atoms with Crippen LogP contribution >= 0.6 is 0 Å². The van der Waals surface area contributed by atoms with Gasteiger partial charge in [-0.1, -0.05) is 29.8 Å². The molecule has 1 N–H and O–H groups in total. The van der Waals surface area contributed by atoms with Crippen molar-refractivity contribution in [2.45, 2.75) is 33.4 Å². The van der Waals surface area contributed by atoms with Gasteiger partial charge in [0.2, 0.25) is 0 Å². The molecule has 1 aromatic carbocycles. The molecular formula is C18H20N4O. The van der Waals surface area contributed by atoms with Gasteiger partial charge in [-0.2, -0.15) is 0 Å². The van der Waals surface area contributed by atoms with Gasteiger partial charge >= 0.3 is 0 Å². The molecule has 2 heterocycles. The Kier molecular flexibility index (Phi) is 4.10. The summed E-state index contributed by atoms with van der Waals surface area (Å²) in [7, 11) is 0. The van der Waals surface area contributed by atoms with Crippen LogP contribution in [0.5, 0.6) is 0 Å². The van der Waals surface area contributed by atoms with E-state index in [4.69, 9.17) is 0 Å². The lowest BCUT2D eigenvalue weighted by Gasteiger charge is -2.15. The van der Waals surface area contributed by atoms with Crippen LogP contribution in [0, 0.1) is 6.92 Å². The zero-order chi connectivity index (χ0) is 16.4. The van der Waals surface area contributed by atoms with Crippen molar-refractivity contribution in [3.05, 3.63) is 64.2 Å². The molecule has 0 saturated carbocycles. The van der Waals surface area contributed by atoms with Gasteiger partial charge in [0.15, 0.2) is 5.82 Å². The molecule has 0 amide bonds. The number of fused-ring (bicyclic) bond motifs is 1. The summed E-state index contributed by atoms with van der Waals surface area (Å²) in [5.74, 6) is 0.373. The predicted octanol–water partition coefficient (Wildman–Crippen LogP) is 3.29. The Morgan fingerprint density at radius 2 is 1.91 bits per heavy atom. The fraction of sp³-hybridized carbons (Fsp3) is 0.278. The van der Waals surface area contributed by atoms with Gasteiger partial charge in [0.25, 0.3) is 5.56 Å². The van der Waals surface area contributed by atoms with Crippen LogP contribution in [0.3, 0.4) is 0 Å². The number of anilines is 1. The number of aryl methyl sites for hydroxylation is 1. The van der Waals surface area contributed by atoms with Gasteiger partial charge in [-0.15, -0.1) is 0 Å². The van der Waals surface area contributed by atoms with Crippen molar-refractivity contribution in [1.29, 1.82) is 0 Å². The minimum Gasteiger partial charge on any atom is -0.361 e. The Labute approximate surface area is 135 Å². The second-order valence-corrected chi connectivity index (χ2v) is 5.93. The molecule has 5 nitrogen and oxygen atoms in total. The zero-order valence-electron chi connectivity index (χ0n) is 13.6. The number of pyridine rings is 1. The first-order valence-electron chi connectivity index (χ1n) is 7.72. The second-order valence-electron chi connectivity index (χ2n) is 5.93. The largest absolute Gasteiger partial charge is 0.361 e. The monoisotopic (exact) mass is 308 g/mol. The van der Waals surface area contributed by atoms with Crippen molar-refractivity contribution >= 4 is 16.9 Å². The van der Waals surface area contributed by atoms with Gasteiger partial charge in [0, 0.05) is 18.8 Å². The zero-order valence-corrected chi connectivity index (χ0v) is 13.6. The first kappa shape index (κ1) is 15.2. The van der Waals surface area contributed by atoms with E-state index in [9.17, 15) is 4.79 Å². The van der Waals surface area contributed by atoms with E-state index in [-0.39, 0.29) is 11.6 Å². The van der Waals surface area contributed by atoms with Gasteiger partial charge in [0.1, 0.15) is 0 Å². The fourth-order valence-electron chi connectivity index (χ4n) is 2.57. The summed E-state index contributed by atoms with van der Waals surface area (Å²) in [4.78, 5) is 21.3. The molecule has 0 radical (unpaired) electrons. The molecule has 0 aliphatic rings. The molecule has 0 aliphatic carbocycles. The molecule has 3 rings (SSSR count). The molecule has 0 saturated heterocycles. The average molecular weight is 308 g/mol. The van der Waals surface area contributed by atoms with Crippen molar-refractivity contribution < 1.29 is 0 Å². The van der Waals surface area contributed by atoms with Crippen LogP contribution < -0.4 is 10.9 Å². The smallest absolute Gasteiger partial charge is 0.294 e. The normalized spacial score (nSPS) is 11.1.